The van der Waals surface area contributed by atoms with E-state index in [1.54, 1.807) is 4.90 Å². The zero-order valence-electron chi connectivity index (χ0n) is 14.2. The van der Waals surface area contributed by atoms with E-state index in [-0.39, 0.29) is 32.0 Å². The van der Waals surface area contributed by atoms with Crippen LogP contribution in [0.2, 0.25) is 0 Å². The Labute approximate surface area is 146 Å². The molecule has 1 N–H and O–H groups in total. The summed E-state index contributed by atoms with van der Waals surface area (Å²) in [4.78, 5) is 27.8. The molecule has 6 nitrogen and oxygen atoms in total. The van der Waals surface area contributed by atoms with E-state index in [9.17, 15) is 9.59 Å². The molecule has 2 fully saturated rings. The zero-order chi connectivity index (χ0) is 17.7. The molecule has 25 heavy (non-hydrogen) atoms. The number of halogens is 1. The van der Waals surface area contributed by atoms with Gasteiger partial charge in [0.05, 0.1) is 13.2 Å². The Balaban J connectivity index is 1.48. The molecule has 136 valence electrons. The summed E-state index contributed by atoms with van der Waals surface area (Å²) in [5.74, 6) is -0.458. The minimum atomic E-state index is -1.87. The first-order valence-corrected chi connectivity index (χ1v) is 8.71. The van der Waals surface area contributed by atoms with Gasteiger partial charge in [-0.25, -0.2) is 9.18 Å². The number of urea groups is 1. The highest BCUT2D eigenvalue weighted by Crippen LogP contribution is 2.29. The molecule has 2 saturated heterocycles. The third kappa shape index (κ3) is 4.28. The number of rotatable bonds is 3. The summed E-state index contributed by atoms with van der Waals surface area (Å²) in [7, 11) is 0. The summed E-state index contributed by atoms with van der Waals surface area (Å²) in [6.07, 6.45) is 0.0872. The molecule has 0 spiro atoms. The van der Waals surface area contributed by atoms with Gasteiger partial charge in [0.1, 0.15) is 0 Å². The quantitative estimate of drug-likeness (QED) is 0.901. The van der Waals surface area contributed by atoms with Crippen molar-refractivity contribution < 1.29 is 18.7 Å². The SMILES string of the molecule is O=C(NCc1ccccc1)N1CCC(F)(C(=O)N2CCOCC2)CC1. The van der Waals surface area contributed by atoms with E-state index < -0.39 is 11.6 Å². The predicted molar refractivity (Wildman–Crippen MR) is 90.7 cm³/mol. The third-order valence-corrected chi connectivity index (χ3v) is 4.81. The summed E-state index contributed by atoms with van der Waals surface area (Å²) in [6, 6.07) is 9.40. The number of carbonyl (C=O) groups is 2. The van der Waals surface area contributed by atoms with Gasteiger partial charge in [-0.1, -0.05) is 30.3 Å². The van der Waals surface area contributed by atoms with Crippen molar-refractivity contribution in [1.29, 1.82) is 0 Å². The Morgan fingerprint density at radius 1 is 1.04 bits per heavy atom. The second-order valence-corrected chi connectivity index (χ2v) is 6.50. The summed E-state index contributed by atoms with van der Waals surface area (Å²) in [6.45, 7) is 2.70. The molecule has 1 aromatic carbocycles. The highest BCUT2D eigenvalue weighted by molar-refractivity contribution is 5.86. The van der Waals surface area contributed by atoms with Crippen molar-refractivity contribution in [3.8, 4) is 0 Å². The number of likely N-dealkylation sites (tertiary alicyclic amines) is 1. The van der Waals surface area contributed by atoms with Gasteiger partial charge in [-0.15, -0.1) is 0 Å². The molecule has 0 aromatic heterocycles. The van der Waals surface area contributed by atoms with E-state index in [4.69, 9.17) is 4.74 Å². The molecule has 3 amide bonds. The van der Waals surface area contributed by atoms with Crippen LogP contribution >= 0.6 is 0 Å². The minimum absolute atomic E-state index is 0.0436. The predicted octanol–water partition coefficient (Wildman–Crippen LogP) is 1.56. The van der Waals surface area contributed by atoms with Crippen LogP contribution in [0.15, 0.2) is 30.3 Å². The summed E-state index contributed by atoms with van der Waals surface area (Å²) >= 11 is 0. The van der Waals surface area contributed by atoms with Gasteiger partial charge in [0.25, 0.3) is 5.91 Å². The molecule has 3 rings (SSSR count). The van der Waals surface area contributed by atoms with Crippen molar-refractivity contribution >= 4 is 11.9 Å². The first kappa shape index (κ1) is 17.7. The number of hydrogen-bond acceptors (Lipinski definition) is 3. The van der Waals surface area contributed by atoms with Crippen molar-refractivity contribution in [3.63, 3.8) is 0 Å². The molecule has 0 aliphatic carbocycles. The van der Waals surface area contributed by atoms with Crippen molar-refractivity contribution in [3.05, 3.63) is 35.9 Å². The van der Waals surface area contributed by atoms with Crippen LogP contribution < -0.4 is 5.32 Å². The second kappa shape index (κ2) is 7.82. The molecule has 0 bridgehead atoms. The largest absolute Gasteiger partial charge is 0.378 e. The van der Waals surface area contributed by atoms with E-state index in [1.165, 1.54) is 4.90 Å². The highest BCUT2D eigenvalue weighted by atomic mass is 19.1. The molecule has 0 saturated carbocycles. The molecule has 2 aliphatic rings. The molecule has 0 unspecified atom stereocenters. The normalized spacial score (nSPS) is 20.2. The van der Waals surface area contributed by atoms with Gasteiger partial charge < -0.3 is 19.9 Å². The Morgan fingerprint density at radius 2 is 1.68 bits per heavy atom. The number of hydrogen-bond donors (Lipinski definition) is 1. The van der Waals surface area contributed by atoms with Gasteiger partial charge in [0.2, 0.25) is 0 Å². The van der Waals surface area contributed by atoms with Crippen molar-refractivity contribution in [2.75, 3.05) is 39.4 Å². The maximum atomic E-state index is 15.0. The van der Waals surface area contributed by atoms with Crippen LogP contribution in [0, 0.1) is 0 Å². The van der Waals surface area contributed by atoms with E-state index in [0.29, 0.717) is 32.8 Å². The van der Waals surface area contributed by atoms with Crippen LogP contribution in [0.25, 0.3) is 0 Å². The summed E-state index contributed by atoms with van der Waals surface area (Å²) < 4.78 is 20.3. The minimum Gasteiger partial charge on any atom is -0.378 e. The van der Waals surface area contributed by atoms with Crippen LogP contribution in [0.1, 0.15) is 18.4 Å². The fourth-order valence-corrected chi connectivity index (χ4v) is 3.21. The molecule has 0 radical (unpaired) electrons. The second-order valence-electron chi connectivity index (χ2n) is 6.50. The fourth-order valence-electron chi connectivity index (χ4n) is 3.21. The molecule has 1 aromatic rings. The number of benzene rings is 1. The van der Waals surface area contributed by atoms with E-state index in [1.807, 2.05) is 30.3 Å². The zero-order valence-corrected chi connectivity index (χ0v) is 14.2. The van der Waals surface area contributed by atoms with Gasteiger partial charge in [0, 0.05) is 45.6 Å². The Hall–Kier alpha value is -2.15. The number of nitrogens with zero attached hydrogens (tertiary/aromatic N) is 2. The Bertz CT molecular complexity index is 597. The van der Waals surface area contributed by atoms with E-state index >= 15 is 4.39 Å². The monoisotopic (exact) mass is 349 g/mol. The lowest BCUT2D eigenvalue weighted by atomic mass is 9.91. The number of morpholine rings is 1. The van der Waals surface area contributed by atoms with Crippen LogP contribution in [0.4, 0.5) is 9.18 Å². The molecule has 0 atom stereocenters. The van der Waals surface area contributed by atoms with E-state index in [0.717, 1.165) is 5.56 Å². The fraction of sp³-hybridized carbons (Fsp3) is 0.556. The lowest BCUT2D eigenvalue weighted by Crippen LogP contribution is -2.56. The van der Waals surface area contributed by atoms with Crippen molar-refractivity contribution in [1.82, 2.24) is 15.1 Å². The van der Waals surface area contributed by atoms with Crippen LogP contribution in [-0.2, 0) is 16.1 Å². The van der Waals surface area contributed by atoms with Gasteiger partial charge in [-0.3, -0.25) is 4.79 Å². The van der Waals surface area contributed by atoms with Gasteiger partial charge in [-0.2, -0.15) is 0 Å². The summed E-state index contributed by atoms with van der Waals surface area (Å²) in [5.41, 5.74) is -0.858. The number of amides is 3. The van der Waals surface area contributed by atoms with Gasteiger partial charge in [0.15, 0.2) is 5.67 Å². The smallest absolute Gasteiger partial charge is 0.317 e. The average molecular weight is 349 g/mol. The third-order valence-electron chi connectivity index (χ3n) is 4.81. The first-order chi connectivity index (χ1) is 12.1. The lowest BCUT2D eigenvalue weighted by molar-refractivity contribution is -0.151. The highest BCUT2D eigenvalue weighted by Gasteiger charge is 2.45. The van der Waals surface area contributed by atoms with Crippen LogP contribution in [-0.4, -0.2) is 66.8 Å². The summed E-state index contributed by atoms with van der Waals surface area (Å²) in [5, 5.41) is 2.84. The average Bonchev–Trinajstić information content (AvgIpc) is 2.67. The Morgan fingerprint density at radius 3 is 2.32 bits per heavy atom. The first-order valence-electron chi connectivity index (χ1n) is 8.71. The molecular formula is C18H24FN3O3. The standard InChI is InChI=1S/C18H24FN3O3/c19-18(16(23)21-10-12-25-13-11-21)6-8-22(9-7-18)17(24)20-14-15-4-2-1-3-5-15/h1-5H,6-14H2,(H,20,24). The van der Waals surface area contributed by atoms with Crippen molar-refractivity contribution in [2.24, 2.45) is 0 Å². The molecule has 2 aliphatic heterocycles. The Kier molecular flexibility index (Phi) is 5.53. The topological polar surface area (TPSA) is 61.9 Å². The van der Waals surface area contributed by atoms with Gasteiger partial charge in [-0.05, 0) is 5.56 Å². The van der Waals surface area contributed by atoms with Crippen molar-refractivity contribution in [2.45, 2.75) is 25.1 Å². The number of alkyl halides is 1. The maximum Gasteiger partial charge on any atom is 0.317 e. The number of carbonyl (C=O) groups excluding carboxylic acids is 2. The number of ether oxygens (including phenoxy) is 1. The maximum absolute atomic E-state index is 15.0. The number of piperidine rings is 1. The lowest BCUT2D eigenvalue weighted by Gasteiger charge is -2.39. The van der Waals surface area contributed by atoms with Crippen LogP contribution in [0.3, 0.4) is 0 Å². The molecule has 7 heteroatoms. The van der Waals surface area contributed by atoms with Crippen LogP contribution in [0.5, 0.6) is 0 Å². The molecular weight excluding hydrogens is 325 g/mol. The van der Waals surface area contributed by atoms with Gasteiger partial charge >= 0.3 is 6.03 Å². The molecule has 2 heterocycles. The number of nitrogens with one attached hydrogen (secondary N) is 1. The van der Waals surface area contributed by atoms with E-state index in [2.05, 4.69) is 5.32 Å².